The number of anilines is 2. The molecule has 2 atom stereocenters. The zero-order valence-corrected chi connectivity index (χ0v) is 19.3. The van der Waals surface area contributed by atoms with Crippen LogP contribution in [0.15, 0.2) is 61.4 Å². The summed E-state index contributed by atoms with van der Waals surface area (Å²) in [7, 11) is 1.88. The number of pyridine rings is 3. The fourth-order valence-electron chi connectivity index (χ4n) is 4.42. The summed E-state index contributed by atoms with van der Waals surface area (Å²) in [6.07, 6.45) is 11.6. The van der Waals surface area contributed by atoms with Crippen LogP contribution in [0.25, 0.3) is 27.8 Å². The lowest BCUT2D eigenvalue weighted by atomic mass is 10.1. The van der Waals surface area contributed by atoms with E-state index in [0.29, 0.717) is 17.3 Å². The number of fused-ring (bicyclic) bond motifs is 1. The summed E-state index contributed by atoms with van der Waals surface area (Å²) in [5.41, 5.74) is 9.92. The van der Waals surface area contributed by atoms with Gasteiger partial charge in [-0.05, 0) is 60.0 Å². The second-order valence-corrected chi connectivity index (χ2v) is 8.88. The summed E-state index contributed by atoms with van der Waals surface area (Å²) >= 11 is 0. The van der Waals surface area contributed by atoms with Gasteiger partial charge < -0.3 is 11.1 Å². The lowest BCUT2D eigenvalue weighted by molar-refractivity contribution is -0.117. The van der Waals surface area contributed by atoms with Crippen molar-refractivity contribution in [2.75, 3.05) is 11.1 Å². The SMILES string of the molecule is Cc1cc(-n2cccn2)ncc1-c1cc2cc(NC(=O)[C@H]3C[C@@H]3c3cnn(C)c3)ncc2c(N)n1. The van der Waals surface area contributed by atoms with Crippen LogP contribution in [-0.2, 0) is 11.8 Å². The average Bonchev–Trinajstić information content (AvgIpc) is 3.22. The highest BCUT2D eigenvalue weighted by Gasteiger charge is 2.44. The van der Waals surface area contributed by atoms with Gasteiger partial charge in [-0.1, -0.05) is 0 Å². The van der Waals surface area contributed by atoms with Gasteiger partial charge in [-0.3, -0.25) is 9.48 Å². The van der Waals surface area contributed by atoms with E-state index in [1.54, 1.807) is 28.0 Å². The standard InChI is InChI=1S/C25H23N9O/c1-14-6-23(34-5-3-4-29-34)28-11-19(14)21-7-15-8-22(27-12-20(15)24(26)31-21)32-25(35)18-9-17(18)16-10-30-33(2)13-16/h3-8,10-13,17-18H,9H2,1-2H3,(H2,26,31)(H,27,32,35)/t17-,18+/m1/s1. The fourth-order valence-corrected chi connectivity index (χ4v) is 4.42. The van der Waals surface area contributed by atoms with E-state index in [1.807, 2.05) is 56.8 Å². The number of amides is 1. The fraction of sp³-hybridized carbons (Fsp3) is 0.200. The summed E-state index contributed by atoms with van der Waals surface area (Å²) in [4.78, 5) is 26.3. The third-order valence-corrected chi connectivity index (χ3v) is 6.39. The van der Waals surface area contributed by atoms with Crippen molar-refractivity contribution in [1.29, 1.82) is 0 Å². The molecule has 1 aliphatic carbocycles. The maximum absolute atomic E-state index is 12.8. The zero-order valence-electron chi connectivity index (χ0n) is 19.3. The van der Waals surface area contributed by atoms with Crippen molar-refractivity contribution >= 4 is 28.3 Å². The van der Waals surface area contributed by atoms with Gasteiger partial charge in [0.15, 0.2) is 5.82 Å². The molecule has 3 N–H and O–H groups in total. The Labute approximate surface area is 200 Å². The van der Waals surface area contributed by atoms with Gasteiger partial charge in [-0.25, -0.2) is 19.6 Å². The Morgan fingerprint density at radius 3 is 2.77 bits per heavy atom. The van der Waals surface area contributed by atoms with Crippen molar-refractivity contribution in [3.63, 3.8) is 0 Å². The molecule has 10 nitrogen and oxygen atoms in total. The van der Waals surface area contributed by atoms with Gasteiger partial charge in [0.1, 0.15) is 11.6 Å². The van der Waals surface area contributed by atoms with Crippen LogP contribution in [0.1, 0.15) is 23.5 Å². The van der Waals surface area contributed by atoms with E-state index >= 15 is 0 Å². The lowest BCUT2D eigenvalue weighted by Gasteiger charge is -2.11. The largest absolute Gasteiger partial charge is 0.383 e. The van der Waals surface area contributed by atoms with Crippen LogP contribution in [0.4, 0.5) is 11.6 Å². The molecule has 10 heteroatoms. The molecule has 0 unspecified atom stereocenters. The summed E-state index contributed by atoms with van der Waals surface area (Å²) in [6, 6.07) is 7.58. The van der Waals surface area contributed by atoms with Gasteiger partial charge in [0.2, 0.25) is 5.91 Å². The molecule has 1 fully saturated rings. The smallest absolute Gasteiger partial charge is 0.229 e. The molecule has 0 radical (unpaired) electrons. The van der Waals surface area contributed by atoms with E-state index in [9.17, 15) is 4.79 Å². The summed E-state index contributed by atoms with van der Waals surface area (Å²) < 4.78 is 3.46. The van der Waals surface area contributed by atoms with Crippen molar-refractivity contribution in [2.45, 2.75) is 19.3 Å². The van der Waals surface area contributed by atoms with Crippen molar-refractivity contribution in [3.05, 3.63) is 72.6 Å². The van der Waals surface area contributed by atoms with Crippen LogP contribution in [-0.4, -0.2) is 40.4 Å². The quantitative estimate of drug-likeness (QED) is 0.407. The highest BCUT2D eigenvalue weighted by atomic mass is 16.2. The molecular formula is C25H23N9O. The minimum atomic E-state index is -0.0724. The second kappa shape index (κ2) is 8.01. The van der Waals surface area contributed by atoms with Crippen molar-refractivity contribution in [3.8, 4) is 17.1 Å². The summed E-state index contributed by atoms with van der Waals surface area (Å²) in [6.45, 7) is 2.00. The molecule has 5 aromatic rings. The van der Waals surface area contributed by atoms with Gasteiger partial charge in [-0.2, -0.15) is 10.2 Å². The Kier molecular flexibility index (Phi) is 4.80. The number of carbonyl (C=O) groups is 1. The molecule has 0 saturated heterocycles. The maximum atomic E-state index is 12.8. The van der Waals surface area contributed by atoms with Crippen molar-refractivity contribution in [2.24, 2.45) is 13.0 Å². The first kappa shape index (κ1) is 21.0. The first-order chi connectivity index (χ1) is 17.0. The molecular weight excluding hydrogens is 442 g/mol. The Morgan fingerprint density at radius 2 is 2.03 bits per heavy atom. The van der Waals surface area contributed by atoms with Crippen LogP contribution in [0.3, 0.4) is 0 Å². The molecule has 1 saturated carbocycles. The number of hydrogen-bond donors (Lipinski definition) is 2. The number of nitrogen functional groups attached to an aromatic ring is 1. The first-order valence-corrected chi connectivity index (χ1v) is 11.3. The highest BCUT2D eigenvalue weighted by Crippen LogP contribution is 2.47. The predicted octanol–water partition coefficient (Wildman–Crippen LogP) is 3.24. The number of nitrogens with zero attached hydrogens (tertiary/aromatic N) is 7. The third-order valence-electron chi connectivity index (χ3n) is 6.39. The molecule has 6 rings (SSSR count). The monoisotopic (exact) mass is 465 g/mol. The van der Waals surface area contributed by atoms with Gasteiger partial charge in [-0.15, -0.1) is 0 Å². The van der Waals surface area contributed by atoms with E-state index in [4.69, 9.17) is 5.73 Å². The van der Waals surface area contributed by atoms with E-state index in [0.717, 1.165) is 39.7 Å². The van der Waals surface area contributed by atoms with Crippen molar-refractivity contribution < 1.29 is 4.79 Å². The number of aryl methyl sites for hydroxylation is 2. The number of nitrogens with one attached hydrogen (secondary N) is 1. The van der Waals surface area contributed by atoms with E-state index in [-0.39, 0.29) is 17.7 Å². The Hall–Kier alpha value is -4.60. The number of aromatic nitrogens is 7. The number of carbonyl (C=O) groups excluding carboxylic acids is 1. The highest BCUT2D eigenvalue weighted by molar-refractivity contribution is 5.98. The van der Waals surface area contributed by atoms with Crippen LogP contribution < -0.4 is 11.1 Å². The maximum Gasteiger partial charge on any atom is 0.229 e. The molecule has 0 bridgehead atoms. The topological polar surface area (TPSA) is 129 Å². The minimum Gasteiger partial charge on any atom is -0.383 e. The number of hydrogen-bond acceptors (Lipinski definition) is 7. The zero-order chi connectivity index (χ0) is 24.1. The van der Waals surface area contributed by atoms with Crippen LogP contribution in [0.5, 0.6) is 0 Å². The number of rotatable bonds is 5. The van der Waals surface area contributed by atoms with E-state index < -0.39 is 0 Å². The lowest BCUT2D eigenvalue weighted by Crippen LogP contribution is -2.15. The van der Waals surface area contributed by atoms with E-state index in [2.05, 4.69) is 30.5 Å². The summed E-state index contributed by atoms with van der Waals surface area (Å²) in [5, 5.41) is 13.0. The average molecular weight is 466 g/mol. The van der Waals surface area contributed by atoms with Crippen LogP contribution in [0, 0.1) is 12.8 Å². The van der Waals surface area contributed by atoms with Gasteiger partial charge in [0.05, 0.1) is 11.9 Å². The Balaban J connectivity index is 1.26. The molecule has 35 heavy (non-hydrogen) atoms. The predicted molar refractivity (Wildman–Crippen MR) is 132 cm³/mol. The molecule has 5 heterocycles. The molecule has 174 valence electrons. The first-order valence-electron chi connectivity index (χ1n) is 11.3. The molecule has 0 aromatic carbocycles. The van der Waals surface area contributed by atoms with Gasteiger partial charge >= 0.3 is 0 Å². The molecule has 0 spiro atoms. The van der Waals surface area contributed by atoms with E-state index in [1.165, 1.54) is 0 Å². The van der Waals surface area contributed by atoms with Gasteiger partial charge in [0.25, 0.3) is 0 Å². The Morgan fingerprint density at radius 1 is 1.14 bits per heavy atom. The molecule has 0 aliphatic heterocycles. The molecule has 5 aromatic heterocycles. The van der Waals surface area contributed by atoms with Crippen molar-refractivity contribution in [1.82, 2.24) is 34.5 Å². The molecule has 1 aliphatic rings. The minimum absolute atomic E-state index is 0.0396. The van der Waals surface area contributed by atoms with Crippen LogP contribution in [0.2, 0.25) is 0 Å². The van der Waals surface area contributed by atoms with Gasteiger partial charge in [0, 0.05) is 54.9 Å². The molecule has 1 amide bonds. The summed E-state index contributed by atoms with van der Waals surface area (Å²) in [5.74, 6) is 1.68. The normalized spacial score (nSPS) is 17.0. The number of nitrogens with two attached hydrogens (primary N) is 1. The third kappa shape index (κ3) is 3.88. The van der Waals surface area contributed by atoms with Crippen LogP contribution >= 0.6 is 0 Å². The second-order valence-electron chi connectivity index (χ2n) is 8.88. The Bertz CT molecular complexity index is 1570.